The summed E-state index contributed by atoms with van der Waals surface area (Å²) < 4.78 is 0. The van der Waals surface area contributed by atoms with Crippen LogP contribution in [0.5, 0.6) is 0 Å². The third kappa shape index (κ3) is 4.57. The van der Waals surface area contributed by atoms with Gasteiger partial charge >= 0.3 is 0 Å². The Kier molecular flexibility index (Phi) is 6.37. The third-order valence-electron chi connectivity index (χ3n) is 8.09. The smallest absolute Gasteiger partial charge is 0.188 e. The lowest BCUT2D eigenvalue weighted by atomic mass is 9.74. The fraction of sp³-hybridized carbons (Fsp3) is 0.577. The third-order valence-corrected chi connectivity index (χ3v) is 8.09. The van der Waals surface area contributed by atoms with Gasteiger partial charge in [-0.05, 0) is 80.7 Å². The number of nitrogens with one attached hydrogen (secondary N) is 2. The maximum absolute atomic E-state index is 11.6. The van der Waals surface area contributed by atoms with Gasteiger partial charge in [-0.3, -0.25) is 4.99 Å². The number of fused-ring (bicyclic) bond motifs is 2. The molecule has 1 aromatic heterocycles. The van der Waals surface area contributed by atoms with Gasteiger partial charge in [0.25, 0.3) is 0 Å². The molecule has 0 amide bonds. The monoisotopic (exact) mass is 438 g/mol. The molecule has 1 heterocycles. The minimum Gasteiger partial charge on any atom is -0.390 e. The highest BCUT2D eigenvalue weighted by Gasteiger charge is 2.54. The number of aromatic amines is 1. The molecule has 0 radical (unpaired) electrons. The number of hydrogen-bond acceptors (Lipinski definition) is 3. The number of para-hydroxylation sites is 1. The molecule has 4 rings (SSSR count). The Hall–Kier alpha value is -2.31. The molecular formula is C26H38N4O2. The number of benzene rings is 1. The van der Waals surface area contributed by atoms with Gasteiger partial charge in [0.1, 0.15) is 0 Å². The first-order chi connectivity index (χ1) is 15.2. The molecule has 174 valence electrons. The molecule has 0 spiro atoms. The molecule has 2 aliphatic rings. The van der Waals surface area contributed by atoms with Gasteiger partial charge in [-0.15, -0.1) is 0 Å². The molecule has 1 aromatic carbocycles. The lowest BCUT2D eigenvalue weighted by Gasteiger charge is -2.37. The standard InChI is InChI=1S/C26H38N4O2/c1-17(14-20-15-19-6-4-5-7-23(19)30-20)18-8-10-25(2,31)21-9-11-26(32,22(21)16-18)12-13-29-24(27)28-3/h4-7,15,18,21-22,30-32H,1,8-14,16H2,2-3H3,(H3,27,28,29)/t18-,21-,22-,25+,26+/m0/s1. The first-order valence-electron chi connectivity index (χ1n) is 11.9. The summed E-state index contributed by atoms with van der Waals surface area (Å²) in [5.41, 5.74) is 7.70. The number of allylic oxidation sites excluding steroid dienone is 1. The molecule has 6 nitrogen and oxygen atoms in total. The van der Waals surface area contributed by atoms with Crippen molar-refractivity contribution in [2.24, 2.45) is 28.5 Å². The number of aromatic nitrogens is 1. The lowest BCUT2D eigenvalue weighted by molar-refractivity contribution is -0.0642. The zero-order valence-electron chi connectivity index (χ0n) is 19.4. The van der Waals surface area contributed by atoms with Crippen LogP contribution in [0.25, 0.3) is 10.9 Å². The molecule has 2 saturated carbocycles. The maximum Gasteiger partial charge on any atom is 0.188 e. The summed E-state index contributed by atoms with van der Waals surface area (Å²) in [6.45, 7) is 7.00. The highest BCUT2D eigenvalue weighted by Crippen LogP contribution is 2.54. The molecule has 2 aromatic rings. The zero-order valence-corrected chi connectivity index (χ0v) is 19.4. The Balaban J connectivity index is 1.49. The average Bonchev–Trinajstić information content (AvgIpc) is 3.27. The summed E-state index contributed by atoms with van der Waals surface area (Å²) in [6.07, 6.45) is 5.48. The Bertz CT molecular complexity index is 962. The van der Waals surface area contributed by atoms with E-state index < -0.39 is 11.2 Å². The summed E-state index contributed by atoms with van der Waals surface area (Å²) in [4.78, 5) is 7.45. The van der Waals surface area contributed by atoms with Crippen LogP contribution < -0.4 is 11.1 Å². The molecule has 5 atom stereocenters. The van der Waals surface area contributed by atoms with Crippen molar-refractivity contribution in [3.63, 3.8) is 0 Å². The molecule has 0 unspecified atom stereocenters. The maximum atomic E-state index is 11.6. The van der Waals surface area contributed by atoms with E-state index in [1.807, 2.05) is 13.0 Å². The van der Waals surface area contributed by atoms with Gasteiger partial charge in [-0.2, -0.15) is 0 Å². The fourth-order valence-corrected chi connectivity index (χ4v) is 6.16. The van der Waals surface area contributed by atoms with E-state index in [1.54, 1.807) is 7.05 Å². The molecule has 2 fully saturated rings. The molecule has 32 heavy (non-hydrogen) atoms. The number of rotatable bonds is 6. The number of hydrogen-bond donors (Lipinski definition) is 5. The van der Waals surface area contributed by atoms with Crippen LogP contribution in [0.2, 0.25) is 0 Å². The van der Waals surface area contributed by atoms with E-state index in [4.69, 9.17) is 5.73 Å². The van der Waals surface area contributed by atoms with Crippen LogP contribution in [0.15, 0.2) is 47.5 Å². The SMILES string of the molecule is C=C(Cc1cc2ccccc2[nH]1)[C@H]1CC[C@@](C)(O)[C@H]2CC[C@@](O)(CCNC(N)=NC)[C@H]2C1. The predicted molar refractivity (Wildman–Crippen MR) is 130 cm³/mol. The van der Waals surface area contributed by atoms with Crippen LogP contribution in [0.3, 0.4) is 0 Å². The minimum absolute atomic E-state index is 0.0473. The van der Waals surface area contributed by atoms with Gasteiger partial charge in [0.05, 0.1) is 11.2 Å². The van der Waals surface area contributed by atoms with E-state index in [0.29, 0.717) is 25.3 Å². The van der Waals surface area contributed by atoms with Crippen molar-refractivity contribution < 1.29 is 10.2 Å². The second-order valence-electron chi connectivity index (χ2n) is 10.2. The van der Waals surface area contributed by atoms with E-state index in [2.05, 4.69) is 46.1 Å². The van der Waals surface area contributed by atoms with Crippen molar-refractivity contribution in [1.82, 2.24) is 10.3 Å². The van der Waals surface area contributed by atoms with Gasteiger partial charge in [-0.25, -0.2) is 0 Å². The second kappa shape index (κ2) is 8.91. The van der Waals surface area contributed by atoms with Crippen LogP contribution >= 0.6 is 0 Å². The first-order valence-corrected chi connectivity index (χ1v) is 11.9. The van der Waals surface area contributed by atoms with E-state index >= 15 is 0 Å². The van der Waals surface area contributed by atoms with Gasteiger partial charge in [0.2, 0.25) is 0 Å². The quantitative estimate of drug-likeness (QED) is 0.270. The highest BCUT2D eigenvalue weighted by atomic mass is 16.3. The number of nitrogens with two attached hydrogens (primary N) is 1. The number of guanidine groups is 1. The normalized spacial score (nSPS) is 33.1. The van der Waals surface area contributed by atoms with Crippen molar-refractivity contribution in [3.05, 3.63) is 48.2 Å². The number of aliphatic hydroxyl groups is 2. The average molecular weight is 439 g/mol. The number of nitrogens with zero attached hydrogens (tertiary/aromatic N) is 1. The van der Waals surface area contributed by atoms with Crippen LogP contribution in [0.4, 0.5) is 0 Å². The first kappa shape index (κ1) is 22.9. The topological polar surface area (TPSA) is 107 Å². The Morgan fingerprint density at radius 3 is 2.78 bits per heavy atom. The number of H-pyrrole nitrogens is 1. The van der Waals surface area contributed by atoms with Gasteiger partial charge in [-0.1, -0.05) is 30.4 Å². The fourth-order valence-electron chi connectivity index (χ4n) is 6.16. The summed E-state index contributed by atoms with van der Waals surface area (Å²) in [7, 11) is 1.65. The van der Waals surface area contributed by atoms with Crippen molar-refractivity contribution >= 4 is 16.9 Å². The van der Waals surface area contributed by atoms with Crippen LogP contribution in [0, 0.1) is 17.8 Å². The summed E-state index contributed by atoms with van der Waals surface area (Å²) in [5.74, 6) is 0.824. The van der Waals surface area contributed by atoms with Crippen LogP contribution in [-0.4, -0.2) is 46.0 Å². The second-order valence-corrected chi connectivity index (χ2v) is 10.2. The predicted octanol–water partition coefficient (Wildman–Crippen LogP) is 3.50. The Morgan fingerprint density at radius 1 is 1.25 bits per heavy atom. The zero-order chi connectivity index (χ0) is 22.9. The number of aliphatic imine (C=N–C) groups is 1. The lowest BCUT2D eigenvalue weighted by Crippen LogP contribution is -2.44. The Morgan fingerprint density at radius 2 is 2.03 bits per heavy atom. The van der Waals surface area contributed by atoms with Gasteiger partial charge in [0.15, 0.2) is 5.96 Å². The van der Waals surface area contributed by atoms with Crippen molar-refractivity contribution in [2.45, 2.75) is 63.1 Å². The van der Waals surface area contributed by atoms with Crippen molar-refractivity contribution in [1.29, 1.82) is 0 Å². The van der Waals surface area contributed by atoms with Crippen molar-refractivity contribution in [3.8, 4) is 0 Å². The van der Waals surface area contributed by atoms with Crippen LogP contribution in [-0.2, 0) is 6.42 Å². The minimum atomic E-state index is -0.806. The van der Waals surface area contributed by atoms with Gasteiger partial charge in [0, 0.05) is 31.2 Å². The Labute approximate surface area is 191 Å². The summed E-state index contributed by atoms with van der Waals surface area (Å²) >= 11 is 0. The van der Waals surface area contributed by atoms with E-state index in [0.717, 1.165) is 37.6 Å². The van der Waals surface area contributed by atoms with E-state index in [-0.39, 0.29) is 17.8 Å². The van der Waals surface area contributed by atoms with Gasteiger partial charge < -0.3 is 26.2 Å². The van der Waals surface area contributed by atoms with E-state index in [1.165, 1.54) is 16.7 Å². The molecule has 2 aliphatic carbocycles. The molecule has 0 bridgehead atoms. The molecule has 0 aliphatic heterocycles. The van der Waals surface area contributed by atoms with Crippen LogP contribution in [0.1, 0.15) is 51.1 Å². The molecule has 6 heteroatoms. The van der Waals surface area contributed by atoms with E-state index in [9.17, 15) is 10.2 Å². The molecular weight excluding hydrogens is 400 g/mol. The highest BCUT2D eigenvalue weighted by molar-refractivity contribution is 5.80. The summed E-state index contributed by atoms with van der Waals surface area (Å²) in [6, 6.07) is 10.5. The summed E-state index contributed by atoms with van der Waals surface area (Å²) in [5, 5.41) is 27.2. The molecule has 6 N–H and O–H groups in total. The van der Waals surface area contributed by atoms with Crippen molar-refractivity contribution in [2.75, 3.05) is 13.6 Å². The molecule has 0 saturated heterocycles. The largest absolute Gasteiger partial charge is 0.390 e.